The summed E-state index contributed by atoms with van der Waals surface area (Å²) < 4.78 is 0. The van der Waals surface area contributed by atoms with Gasteiger partial charge in [-0.1, -0.05) is 60.7 Å². The molecular formula is C21H28N2. The van der Waals surface area contributed by atoms with Gasteiger partial charge in [0.05, 0.1) is 0 Å². The van der Waals surface area contributed by atoms with Crippen molar-refractivity contribution in [1.29, 1.82) is 0 Å². The summed E-state index contributed by atoms with van der Waals surface area (Å²) in [6, 6.07) is 19.2. The molecule has 0 bridgehead atoms. The molecule has 0 aliphatic carbocycles. The Morgan fingerprint density at radius 3 is 2.43 bits per heavy atom. The van der Waals surface area contributed by atoms with E-state index in [0.29, 0.717) is 0 Å². The first-order chi connectivity index (χ1) is 11.2. The zero-order chi connectivity index (χ0) is 16.5. The fraction of sp³-hybridized carbons (Fsp3) is 0.333. The van der Waals surface area contributed by atoms with Crippen LogP contribution in [0.5, 0.6) is 0 Å². The normalized spacial score (nSPS) is 11.9. The SMILES string of the molecule is CC(=CCNCCCN(C)C)c1ccccc1-c1ccccc1. The first kappa shape index (κ1) is 17.5. The molecule has 0 saturated carbocycles. The molecule has 0 aliphatic rings. The van der Waals surface area contributed by atoms with Crippen molar-refractivity contribution < 1.29 is 0 Å². The molecule has 0 aliphatic heterocycles. The number of nitrogens with zero attached hydrogens (tertiary/aromatic N) is 1. The smallest absolute Gasteiger partial charge is 0.0140 e. The maximum Gasteiger partial charge on any atom is 0.0140 e. The van der Waals surface area contributed by atoms with Crippen molar-refractivity contribution in [2.45, 2.75) is 13.3 Å². The van der Waals surface area contributed by atoms with Crippen LogP contribution in [-0.4, -0.2) is 38.6 Å². The van der Waals surface area contributed by atoms with Crippen LogP contribution in [-0.2, 0) is 0 Å². The average molecular weight is 308 g/mol. The lowest BCUT2D eigenvalue weighted by atomic mass is 9.95. The van der Waals surface area contributed by atoms with Crippen molar-refractivity contribution in [1.82, 2.24) is 10.2 Å². The molecule has 0 amide bonds. The van der Waals surface area contributed by atoms with Crippen molar-refractivity contribution in [3.05, 3.63) is 66.2 Å². The Hall–Kier alpha value is -1.90. The van der Waals surface area contributed by atoms with Gasteiger partial charge in [0.15, 0.2) is 0 Å². The van der Waals surface area contributed by atoms with Gasteiger partial charge in [-0.2, -0.15) is 0 Å². The van der Waals surface area contributed by atoms with E-state index in [0.717, 1.165) is 19.6 Å². The molecule has 0 aromatic heterocycles. The van der Waals surface area contributed by atoms with Crippen molar-refractivity contribution in [2.75, 3.05) is 33.7 Å². The van der Waals surface area contributed by atoms with E-state index >= 15 is 0 Å². The molecular weight excluding hydrogens is 280 g/mol. The van der Waals surface area contributed by atoms with Gasteiger partial charge in [-0.05, 0) is 62.8 Å². The summed E-state index contributed by atoms with van der Waals surface area (Å²) in [7, 11) is 4.23. The second-order valence-corrected chi connectivity index (χ2v) is 6.16. The zero-order valence-electron chi connectivity index (χ0n) is 14.5. The monoisotopic (exact) mass is 308 g/mol. The summed E-state index contributed by atoms with van der Waals surface area (Å²) in [5.74, 6) is 0. The third kappa shape index (κ3) is 5.66. The Morgan fingerprint density at radius 1 is 1.00 bits per heavy atom. The highest BCUT2D eigenvalue weighted by molar-refractivity contribution is 5.80. The average Bonchev–Trinajstić information content (AvgIpc) is 2.58. The standard InChI is InChI=1S/C21H28N2/c1-18(14-16-22-15-9-17-23(2)3)20-12-7-8-13-21(20)19-10-5-4-6-11-19/h4-8,10-14,22H,9,15-17H2,1-3H3. The number of nitrogens with one attached hydrogen (secondary N) is 1. The van der Waals surface area contributed by atoms with Gasteiger partial charge in [-0.15, -0.1) is 0 Å². The Balaban J connectivity index is 1.99. The predicted molar refractivity (Wildman–Crippen MR) is 102 cm³/mol. The number of allylic oxidation sites excluding steroid dienone is 1. The van der Waals surface area contributed by atoms with Crippen LogP contribution < -0.4 is 5.32 Å². The van der Waals surface area contributed by atoms with Gasteiger partial charge in [0.25, 0.3) is 0 Å². The molecule has 0 heterocycles. The molecule has 2 rings (SSSR count). The van der Waals surface area contributed by atoms with Crippen molar-refractivity contribution in [3.8, 4) is 11.1 Å². The Kier molecular flexibility index (Phi) is 7.05. The van der Waals surface area contributed by atoms with Crippen LogP contribution in [0.1, 0.15) is 18.9 Å². The Bertz CT molecular complexity index is 615. The lowest BCUT2D eigenvalue weighted by molar-refractivity contribution is 0.396. The van der Waals surface area contributed by atoms with Crippen LogP contribution in [0.4, 0.5) is 0 Å². The zero-order valence-corrected chi connectivity index (χ0v) is 14.5. The molecule has 0 atom stereocenters. The molecule has 0 spiro atoms. The molecule has 0 radical (unpaired) electrons. The van der Waals surface area contributed by atoms with Crippen LogP contribution in [0.15, 0.2) is 60.7 Å². The van der Waals surface area contributed by atoms with E-state index in [1.807, 2.05) is 0 Å². The van der Waals surface area contributed by atoms with Crippen LogP contribution in [0, 0.1) is 0 Å². The highest BCUT2D eigenvalue weighted by Crippen LogP contribution is 2.28. The highest BCUT2D eigenvalue weighted by Gasteiger charge is 2.05. The molecule has 0 saturated heterocycles. The number of rotatable bonds is 8. The van der Waals surface area contributed by atoms with Gasteiger partial charge >= 0.3 is 0 Å². The second kappa shape index (κ2) is 9.29. The summed E-state index contributed by atoms with van der Waals surface area (Å²) in [5, 5.41) is 3.50. The lowest BCUT2D eigenvalue weighted by Crippen LogP contribution is -2.21. The quantitative estimate of drug-likeness (QED) is 0.732. The third-order valence-electron chi connectivity index (χ3n) is 3.95. The van der Waals surface area contributed by atoms with E-state index in [4.69, 9.17) is 0 Å². The first-order valence-corrected chi connectivity index (χ1v) is 8.35. The van der Waals surface area contributed by atoms with Gasteiger partial charge in [-0.25, -0.2) is 0 Å². The summed E-state index contributed by atoms with van der Waals surface area (Å²) >= 11 is 0. The van der Waals surface area contributed by atoms with Gasteiger partial charge in [-0.3, -0.25) is 0 Å². The molecule has 23 heavy (non-hydrogen) atoms. The summed E-state index contributed by atoms with van der Waals surface area (Å²) in [4.78, 5) is 2.22. The first-order valence-electron chi connectivity index (χ1n) is 8.35. The minimum atomic E-state index is 0.919. The van der Waals surface area contributed by atoms with E-state index < -0.39 is 0 Å². The van der Waals surface area contributed by atoms with E-state index in [1.165, 1.54) is 28.7 Å². The molecule has 2 aromatic rings. The van der Waals surface area contributed by atoms with Crippen LogP contribution in [0.25, 0.3) is 16.7 Å². The molecule has 2 heteroatoms. The molecule has 122 valence electrons. The lowest BCUT2D eigenvalue weighted by Gasteiger charge is -2.11. The second-order valence-electron chi connectivity index (χ2n) is 6.16. The van der Waals surface area contributed by atoms with Crippen molar-refractivity contribution in [2.24, 2.45) is 0 Å². The largest absolute Gasteiger partial charge is 0.313 e. The van der Waals surface area contributed by atoms with Crippen LogP contribution in [0.2, 0.25) is 0 Å². The topological polar surface area (TPSA) is 15.3 Å². The van der Waals surface area contributed by atoms with E-state index in [2.05, 4.69) is 91.9 Å². The molecule has 2 nitrogen and oxygen atoms in total. The molecule has 0 unspecified atom stereocenters. The van der Waals surface area contributed by atoms with Crippen molar-refractivity contribution in [3.63, 3.8) is 0 Å². The fourth-order valence-electron chi connectivity index (χ4n) is 2.65. The molecule has 1 N–H and O–H groups in total. The summed E-state index contributed by atoms with van der Waals surface area (Å²) in [6.07, 6.45) is 3.47. The number of benzene rings is 2. The maximum atomic E-state index is 3.50. The van der Waals surface area contributed by atoms with Gasteiger partial charge in [0.2, 0.25) is 0 Å². The van der Waals surface area contributed by atoms with E-state index in [9.17, 15) is 0 Å². The number of hydrogen-bond acceptors (Lipinski definition) is 2. The summed E-state index contributed by atoms with van der Waals surface area (Å²) in [6.45, 7) is 5.31. The third-order valence-corrected chi connectivity index (χ3v) is 3.95. The Labute approximate surface area is 140 Å². The van der Waals surface area contributed by atoms with Gasteiger partial charge in [0, 0.05) is 6.54 Å². The maximum absolute atomic E-state index is 3.50. The number of hydrogen-bond donors (Lipinski definition) is 1. The van der Waals surface area contributed by atoms with E-state index in [1.54, 1.807) is 0 Å². The molecule has 2 aromatic carbocycles. The van der Waals surface area contributed by atoms with Gasteiger partial charge in [0.1, 0.15) is 0 Å². The minimum absolute atomic E-state index is 0.919. The molecule has 0 fully saturated rings. The van der Waals surface area contributed by atoms with Crippen molar-refractivity contribution >= 4 is 5.57 Å². The predicted octanol–water partition coefficient (Wildman–Crippen LogP) is 4.30. The minimum Gasteiger partial charge on any atom is -0.313 e. The fourth-order valence-corrected chi connectivity index (χ4v) is 2.65. The van der Waals surface area contributed by atoms with Gasteiger partial charge < -0.3 is 10.2 Å². The van der Waals surface area contributed by atoms with Crippen LogP contribution in [0.3, 0.4) is 0 Å². The Morgan fingerprint density at radius 2 is 1.70 bits per heavy atom. The van der Waals surface area contributed by atoms with E-state index in [-0.39, 0.29) is 0 Å². The summed E-state index contributed by atoms with van der Waals surface area (Å²) in [5.41, 5.74) is 5.21. The highest BCUT2D eigenvalue weighted by atomic mass is 15.0. The van der Waals surface area contributed by atoms with Crippen LogP contribution >= 0.6 is 0 Å².